The minimum Gasteiger partial charge on any atom is -0.493 e. The molecule has 7 heteroatoms. The summed E-state index contributed by atoms with van der Waals surface area (Å²) in [4.78, 5) is 14.3. The first-order chi connectivity index (χ1) is 15.1. The molecule has 1 aliphatic carbocycles. The topological polar surface area (TPSA) is 71.4 Å². The molecular weight excluding hydrogens is 395 g/mol. The van der Waals surface area contributed by atoms with Crippen molar-refractivity contribution < 1.29 is 14.2 Å². The first-order valence-electron chi connectivity index (χ1n) is 10.1. The van der Waals surface area contributed by atoms with E-state index in [0.29, 0.717) is 16.7 Å². The summed E-state index contributed by atoms with van der Waals surface area (Å²) >= 11 is 0. The first-order valence-corrected chi connectivity index (χ1v) is 10.1. The van der Waals surface area contributed by atoms with Gasteiger partial charge in [-0.3, -0.25) is 9.37 Å². The van der Waals surface area contributed by atoms with Gasteiger partial charge in [-0.1, -0.05) is 12.1 Å². The second-order valence-corrected chi connectivity index (χ2v) is 7.84. The number of pyridine rings is 1. The predicted molar refractivity (Wildman–Crippen MR) is 117 cm³/mol. The predicted octanol–water partition coefficient (Wildman–Crippen LogP) is 5.29. The molecule has 0 amide bonds. The van der Waals surface area contributed by atoms with E-state index in [1.54, 1.807) is 18.5 Å². The largest absolute Gasteiger partial charge is 0.493 e. The van der Waals surface area contributed by atoms with Gasteiger partial charge in [0.2, 0.25) is 5.88 Å². The monoisotopic (exact) mass is 416 g/mol. The average molecular weight is 416 g/mol. The highest BCUT2D eigenvalue weighted by molar-refractivity contribution is 5.82. The van der Waals surface area contributed by atoms with Gasteiger partial charge in [-0.25, -0.2) is 0 Å². The second kappa shape index (κ2) is 7.50. The summed E-state index contributed by atoms with van der Waals surface area (Å²) in [5, 5.41) is 10.6. The highest BCUT2D eigenvalue weighted by Gasteiger charge is 2.44. The smallest absolute Gasteiger partial charge is 0.325 e. The molecular formula is C24H21FN4O2. The number of fused-ring (bicyclic) bond motifs is 1. The number of hydrogen-bond donors (Lipinski definition) is 1. The standard InChI is InChI=1S/C24H21FN4O2/c1-29(17-4-2-16(3-5-17)24(15-25)11-12-24)18-6-8-19(9-7-18)31-23-27-21-14-26-13-10-20(21)22(30)28-23/h2-10,13-14H,11-12,15H2,1H3,(H,27,28,30). The summed E-state index contributed by atoms with van der Waals surface area (Å²) in [7, 11) is 1.98. The van der Waals surface area contributed by atoms with Gasteiger partial charge >= 0.3 is 6.01 Å². The number of benzene rings is 2. The molecule has 1 N–H and O–H groups in total. The molecule has 0 radical (unpaired) electrons. The summed E-state index contributed by atoms with van der Waals surface area (Å²) in [6, 6.07) is 17.3. The molecule has 31 heavy (non-hydrogen) atoms. The van der Waals surface area contributed by atoms with E-state index in [0.717, 1.165) is 29.8 Å². The summed E-state index contributed by atoms with van der Waals surface area (Å²) in [5.41, 5.74) is 3.32. The van der Waals surface area contributed by atoms with Crippen LogP contribution in [0.5, 0.6) is 17.6 Å². The van der Waals surface area contributed by atoms with Gasteiger partial charge in [0.25, 0.3) is 0 Å². The Hall–Kier alpha value is -3.74. The van der Waals surface area contributed by atoms with Gasteiger partial charge in [-0.2, -0.15) is 9.97 Å². The van der Waals surface area contributed by atoms with Crippen LogP contribution in [-0.2, 0) is 5.41 Å². The van der Waals surface area contributed by atoms with Crippen molar-refractivity contribution in [3.8, 4) is 17.6 Å². The zero-order valence-electron chi connectivity index (χ0n) is 17.0. The van der Waals surface area contributed by atoms with Gasteiger partial charge in [0, 0.05) is 30.0 Å². The number of hydrogen-bond acceptors (Lipinski definition) is 6. The maximum atomic E-state index is 13.3. The Balaban J connectivity index is 1.32. The van der Waals surface area contributed by atoms with E-state index in [2.05, 4.69) is 15.0 Å². The van der Waals surface area contributed by atoms with E-state index in [1.165, 1.54) is 0 Å². The number of anilines is 2. The summed E-state index contributed by atoms with van der Waals surface area (Å²) in [6.45, 7) is -0.293. The highest BCUT2D eigenvalue weighted by atomic mass is 19.1. The first kappa shape index (κ1) is 19.2. The molecule has 4 aromatic rings. The van der Waals surface area contributed by atoms with Crippen molar-refractivity contribution in [2.24, 2.45) is 0 Å². The van der Waals surface area contributed by atoms with Crippen LogP contribution in [0.2, 0.25) is 0 Å². The van der Waals surface area contributed by atoms with Gasteiger partial charge in [-0.05, 0) is 60.9 Å². The van der Waals surface area contributed by atoms with Gasteiger partial charge in [0.15, 0.2) is 0 Å². The van der Waals surface area contributed by atoms with Crippen molar-refractivity contribution in [3.05, 3.63) is 72.6 Å². The van der Waals surface area contributed by atoms with Crippen molar-refractivity contribution in [1.82, 2.24) is 15.0 Å². The molecule has 2 aromatic carbocycles. The molecule has 0 bridgehead atoms. The SMILES string of the molecule is CN(c1ccc(Oc2nc(O)c3ccncc3n2)cc1)c1ccc(C2(CF)CC2)cc1. The Morgan fingerprint density at radius 3 is 2.32 bits per heavy atom. The third-order valence-corrected chi connectivity index (χ3v) is 5.87. The number of alkyl halides is 1. The zero-order valence-corrected chi connectivity index (χ0v) is 17.0. The molecule has 156 valence electrons. The molecule has 1 aliphatic rings. The van der Waals surface area contributed by atoms with E-state index in [1.807, 2.05) is 60.5 Å². The summed E-state index contributed by atoms with van der Waals surface area (Å²) in [6.07, 6.45) is 4.97. The molecule has 0 saturated heterocycles. The fourth-order valence-electron chi connectivity index (χ4n) is 3.67. The summed E-state index contributed by atoms with van der Waals surface area (Å²) in [5.74, 6) is 0.400. The second-order valence-electron chi connectivity index (χ2n) is 7.84. The molecule has 0 unspecified atom stereocenters. The quantitative estimate of drug-likeness (QED) is 0.460. The van der Waals surface area contributed by atoms with Crippen LogP contribution in [0.4, 0.5) is 15.8 Å². The van der Waals surface area contributed by atoms with E-state index in [-0.39, 0.29) is 24.0 Å². The van der Waals surface area contributed by atoms with Gasteiger partial charge in [-0.15, -0.1) is 0 Å². The van der Waals surface area contributed by atoms with Crippen LogP contribution in [0.1, 0.15) is 18.4 Å². The van der Waals surface area contributed by atoms with Crippen LogP contribution in [-0.4, -0.2) is 33.8 Å². The molecule has 0 spiro atoms. The van der Waals surface area contributed by atoms with E-state index >= 15 is 0 Å². The number of ether oxygens (including phenoxy) is 1. The van der Waals surface area contributed by atoms with Gasteiger partial charge in [0.1, 0.15) is 5.75 Å². The van der Waals surface area contributed by atoms with Crippen LogP contribution in [0.3, 0.4) is 0 Å². The third kappa shape index (κ3) is 3.63. The maximum absolute atomic E-state index is 13.3. The van der Waals surface area contributed by atoms with Crippen LogP contribution >= 0.6 is 0 Å². The van der Waals surface area contributed by atoms with Gasteiger partial charge in [0.05, 0.1) is 23.8 Å². The number of halogens is 1. The van der Waals surface area contributed by atoms with Crippen molar-refractivity contribution in [2.75, 3.05) is 18.6 Å². The van der Waals surface area contributed by atoms with Crippen LogP contribution < -0.4 is 9.64 Å². The highest BCUT2D eigenvalue weighted by Crippen LogP contribution is 2.48. The molecule has 5 rings (SSSR count). The van der Waals surface area contributed by atoms with Crippen LogP contribution in [0, 0.1) is 0 Å². The Labute approximate surface area is 179 Å². The van der Waals surface area contributed by atoms with Crippen LogP contribution in [0.25, 0.3) is 10.9 Å². The van der Waals surface area contributed by atoms with E-state index < -0.39 is 0 Å². The minimum atomic E-state index is -0.293. The van der Waals surface area contributed by atoms with Crippen LogP contribution in [0.15, 0.2) is 67.0 Å². The lowest BCUT2D eigenvalue weighted by Crippen LogP contribution is -2.11. The Morgan fingerprint density at radius 2 is 1.68 bits per heavy atom. The van der Waals surface area contributed by atoms with Gasteiger partial charge < -0.3 is 14.7 Å². The van der Waals surface area contributed by atoms with Crippen molar-refractivity contribution in [2.45, 2.75) is 18.3 Å². The summed E-state index contributed by atoms with van der Waals surface area (Å²) < 4.78 is 19.0. The number of nitrogens with zero attached hydrogens (tertiary/aromatic N) is 4. The zero-order chi connectivity index (χ0) is 21.4. The molecule has 0 aliphatic heterocycles. The third-order valence-electron chi connectivity index (χ3n) is 5.87. The molecule has 0 atom stereocenters. The molecule has 6 nitrogen and oxygen atoms in total. The minimum absolute atomic E-state index is 0.0524. The van der Waals surface area contributed by atoms with E-state index in [4.69, 9.17) is 4.74 Å². The van der Waals surface area contributed by atoms with Crippen molar-refractivity contribution in [1.29, 1.82) is 0 Å². The lowest BCUT2D eigenvalue weighted by atomic mass is 9.97. The molecule has 1 saturated carbocycles. The Kier molecular flexibility index (Phi) is 4.66. The van der Waals surface area contributed by atoms with Crippen molar-refractivity contribution in [3.63, 3.8) is 0 Å². The normalized spacial score (nSPS) is 14.4. The maximum Gasteiger partial charge on any atom is 0.325 e. The molecule has 2 aromatic heterocycles. The number of rotatable bonds is 6. The average Bonchev–Trinajstić information content (AvgIpc) is 3.61. The number of aromatic nitrogens is 3. The fraction of sp³-hybridized carbons (Fsp3) is 0.208. The van der Waals surface area contributed by atoms with E-state index in [9.17, 15) is 9.50 Å². The van der Waals surface area contributed by atoms with Crippen molar-refractivity contribution >= 4 is 22.3 Å². The number of aromatic hydroxyl groups is 1. The molecule has 2 heterocycles. The molecule has 1 fully saturated rings. The Morgan fingerprint density at radius 1 is 1.00 bits per heavy atom. The lowest BCUT2D eigenvalue weighted by molar-refractivity contribution is 0.412. The fourth-order valence-corrected chi connectivity index (χ4v) is 3.67. The lowest BCUT2D eigenvalue weighted by Gasteiger charge is -2.21. The Bertz CT molecular complexity index is 1220.